The van der Waals surface area contributed by atoms with Crippen LogP contribution in [-0.4, -0.2) is 16.1 Å². The van der Waals surface area contributed by atoms with Gasteiger partial charge in [-0.2, -0.15) is 0 Å². The maximum absolute atomic E-state index is 12.5. The van der Waals surface area contributed by atoms with E-state index in [0.29, 0.717) is 17.7 Å². The van der Waals surface area contributed by atoms with Gasteiger partial charge in [0.1, 0.15) is 0 Å². The van der Waals surface area contributed by atoms with E-state index in [2.05, 4.69) is 20.8 Å². The summed E-state index contributed by atoms with van der Waals surface area (Å²) in [6.45, 7) is 8.73. The van der Waals surface area contributed by atoms with Crippen molar-refractivity contribution in [2.75, 3.05) is 0 Å². The Morgan fingerprint density at radius 2 is 1.63 bits per heavy atom. The molecule has 3 rings (SSSR count). The van der Waals surface area contributed by atoms with Crippen LogP contribution in [0.25, 0.3) is 11.1 Å². The third kappa shape index (κ3) is 4.95. The van der Waals surface area contributed by atoms with Crippen LogP contribution in [0.4, 0.5) is 0 Å². The zero-order valence-electron chi connectivity index (χ0n) is 18.2. The topological polar surface area (TPSA) is 76.2 Å². The smallest absolute Gasteiger partial charge is 0.338 e. The van der Waals surface area contributed by atoms with E-state index in [1.165, 1.54) is 0 Å². The highest BCUT2D eigenvalue weighted by Crippen LogP contribution is 2.35. The molecule has 0 spiro atoms. The second-order valence-corrected chi connectivity index (χ2v) is 9.01. The number of hydrogen-bond acceptors (Lipinski definition) is 3. The quantitative estimate of drug-likeness (QED) is 0.579. The Morgan fingerprint density at radius 1 is 1.00 bits per heavy atom. The molecule has 0 fully saturated rings. The van der Waals surface area contributed by atoms with E-state index in [0.717, 1.165) is 34.4 Å². The van der Waals surface area contributed by atoms with Crippen molar-refractivity contribution in [1.29, 1.82) is 0 Å². The molecule has 0 saturated carbocycles. The Balaban J connectivity index is 2.32. The maximum Gasteiger partial charge on any atom is 0.338 e. The zero-order valence-corrected chi connectivity index (χ0v) is 18.2. The third-order valence-corrected chi connectivity index (χ3v) is 5.13. The molecule has 1 aromatic heterocycles. The second-order valence-electron chi connectivity index (χ2n) is 9.01. The average molecular weight is 403 g/mol. The molecule has 0 aliphatic carbocycles. The molecule has 0 aliphatic rings. The number of aromatic carboxylic acids is 1. The Labute approximate surface area is 178 Å². The SMILES string of the molecule is Cc1ccc(-c2c(CN)c(CC(C)(C)C)nc(Cc3ccccc3)c2C(=O)O)cc1. The summed E-state index contributed by atoms with van der Waals surface area (Å²) >= 11 is 0. The van der Waals surface area contributed by atoms with Crippen LogP contribution in [0.1, 0.15) is 59.2 Å². The van der Waals surface area contributed by atoms with Gasteiger partial charge < -0.3 is 10.8 Å². The molecule has 0 unspecified atom stereocenters. The molecule has 3 aromatic rings. The van der Waals surface area contributed by atoms with Crippen LogP contribution in [0, 0.1) is 12.3 Å². The van der Waals surface area contributed by atoms with Crippen molar-refractivity contribution in [3.05, 3.63) is 88.2 Å². The molecular formula is C26H30N2O2. The first kappa shape index (κ1) is 21.7. The maximum atomic E-state index is 12.5. The standard InChI is InChI=1S/C26H30N2O2/c1-17-10-12-19(13-11-17)23-20(16-27)22(15-26(2,3)4)28-21(24(23)25(29)30)14-18-8-6-5-7-9-18/h5-13H,14-16,27H2,1-4H3,(H,29,30). The number of hydrogen-bond donors (Lipinski definition) is 2. The van der Waals surface area contributed by atoms with Gasteiger partial charge in [-0.05, 0) is 35.4 Å². The molecule has 1 heterocycles. The lowest BCUT2D eigenvalue weighted by atomic mass is 9.84. The summed E-state index contributed by atoms with van der Waals surface area (Å²) in [7, 11) is 0. The zero-order chi connectivity index (χ0) is 21.9. The van der Waals surface area contributed by atoms with Crippen molar-refractivity contribution < 1.29 is 9.90 Å². The fourth-order valence-corrected chi connectivity index (χ4v) is 3.78. The minimum atomic E-state index is -0.971. The molecule has 0 saturated heterocycles. The van der Waals surface area contributed by atoms with E-state index >= 15 is 0 Å². The van der Waals surface area contributed by atoms with E-state index < -0.39 is 5.97 Å². The molecule has 0 atom stereocenters. The number of carbonyl (C=O) groups is 1. The monoisotopic (exact) mass is 402 g/mol. The molecule has 4 heteroatoms. The molecule has 0 aliphatic heterocycles. The Morgan fingerprint density at radius 3 is 2.17 bits per heavy atom. The Bertz CT molecular complexity index is 1030. The first-order valence-electron chi connectivity index (χ1n) is 10.3. The largest absolute Gasteiger partial charge is 0.478 e. The van der Waals surface area contributed by atoms with E-state index in [-0.39, 0.29) is 17.5 Å². The predicted molar refractivity (Wildman–Crippen MR) is 122 cm³/mol. The highest BCUT2D eigenvalue weighted by atomic mass is 16.4. The number of pyridine rings is 1. The van der Waals surface area contributed by atoms with Crippen LogP contribution >= 0.6 is 0 Å². The number of benzene rings is 2. The molecule has 30 heavy (non-hydrogen) atoms. The average Bonchev–Trinajstić information content (AvgIpc) is 2.67. The minimum Gasteiger partial charge on any atom is -0.478 e. The molecule has 2 aromatic carbocycles. The van der Waals surface area contributed by atoms with Gasteiger partial charge in [0.2, 0.25) is 0 Å². The van der Waals surface area contributed by atoms with E-state index in [4.69, 9.17) is 10.7 Å². The van der Waals surface area contributed by atoms with E-state index in [9.17, 15) is 9.90 Å². The lowest BCUT2D eigenvalue weighted by Crippen LogP contribution is -2.20. The molecule has 0 amide bonds. The number of nitrogens with zero attached hydrogens (tertiary/aromatic N) is 1. The van der Waals surface area contributed by atoms with Gasteiger partial charge in [-0.1, -0.05) is 80.9 Å². The molecule has 4 nitrogen and oxygen atoms in total. The number of rotatable bonds is 6. The highest BCUT2D eigenvalue weighted by molar-refractivity contribution is 5.98. The number of nitrogens with two attached hydrogens (primary N) is 1. The third-order valence-electron chi connectivity index (χ3n) is 5.13. The van der Waals surface area contributed by atoms with Crippen LogP contribution < -0.4 is 5.73 Å². The molecule has 3 N–H and O–H groups in total. The van der Waals surface area contributed by atoms with E-state index in [1.54, 1.807) is 0 Å². The van der Waals surface area contributed by atoms with Crippen molar-refractivity contribution in [1.82, 2.24) is 4.98 Å². The Hall–Kier alpha value is -2.98. The number of carboxylic acid groups (broad SMARTS) is 1. The van der Waals surface area contributed by atoms with Gasteiger partial charge in [0.05, 0.1) is 11.3 Å². The normalized spacial score (nSPS) is 11.5. The fraction of sp³-hybridized carbons (Fsp3) is 0.308. The van der Waals surface area contributed by atoms with Gasteiger partial charge in [0, 0.05) is 24.2 Å². The molecule has 0 bridgehead atoms. The van der Waals surface area contributed by atoms with Crippen LogP contribution in [0.3, 0.4) is 0 Å². The summed E-state index contributed by atoms with van der Waals surface area (Å²) < 4.78 is 0. The van der Waals surface area contributed by atoms with E-state index in [1.807, 2.05) is 61.5 Å². The van der Waals surface area contributed by atoms with Crippen LogP contribution in [0.15, 0.2) is 54.6 Å². The Kier molecular flexibility index (Phi) is 6.37. The molecule has 156 valence electrons. The summed E-state index contributed by atoms with van der Waals surface area (Å²) in [6.07, 6.45) is 1.18. The number of aryl methyl sites for hydroxylation is 1. The first-order valence-corrected chi connectivity index (χ1v) is 10.3. The van der Waals surface area contributed by atoms with Crippen LogP contribution in [-0.2, 0) is 19.4 Å². The van der Waals surface area contributed by atoms with Gasteiger partial charge in [0.15, 0.2) is 0 Å². The van der Waals surface area contributed by atoms with Crippen molar-refractivity contribution >= 4 is 5.97 Å². The van der Waals surface area contributed by atoms with Crippen LogP contribution in [0.5, 0.6) is 0 Å². The first-order chi connectivity index (χ1) is 14.2. The number of aromatic nitrogens is 1. The summed E-state index contributed by atoms with van der Waals surface area (Å²) in [6, 6.07) is 17.8. The number of carboxylic acids is 1. The highest BCUT2D eigenvalue weighted by Gasteiger charge is 2.26. The summed E-state index contributed by atoms with van der Waals surface area (Å²) in [5.41, 5.74) is 12.4. The summed E-state index contributed by atoms with van der Waals surface area (Å²) in [4.78, 5) is 17.3. The summed E-state index contributed by atoms with van der Waals surface area (Å²) in [5, 5.41) is 10.2. The molecule has 0 radical (unpaired) electrons. The van der Waals surface area contributed by atoms with Gasteiger partial charge in [0.25, 0.3) is 0 Å². The van der Waals surface area contributed by atoms with Gasteiger partial charge in [-0.25, -0.2) is 4.79 Å². The lowest BCUT2D eigenvalue weighted by molar-refractivity contribution is 0.0696. The fourth-order valence-electron chi connectivity index (χ4n) is 3.78. The second kappa shape index (κ2) is 8.80. The van der Waals surface area contributed by atoms with Gasteiger partial charge in [-0.15, -0.1) is 0 Å². The molecular weight excluding hydrogens is 372 g/mol. The van der Waals surface area contributed by atoms with Crippen molar-refractivity contribution in [2.45, 2.75) is 47.1 Å². The van der Waals surface area contributed by atoms with Gasteiger partial charge >= 0.3 is 5.97 Å². The minimum absolute atomic E-state index is 0.00375. The van der Waals surface area contributed by atoms with Crippen LogP contribution in [0.2, 0.25) is 0 Å². The predicted octanol–water partition coefficient (Wildman–Crippen LogP) is 5.39. The summed E-state index contributed by atoms with van der Waals surface area (Å²) in [5.74, 6) is -0.971. The lowest BCUT2D eigenvalue weighted by Gasteiger charge is -2.24. The van der Waals surface area contributed by atoms with Crippen molar-refractivity contribution in [2.24, 2.45) is 11.1 Å². The van der Waals surface area contributed by atoms with Crippen molar-refractivity contribution in [3.63, 3.8) is 0 Å². The van der Waals surface area contributed by atoms with Crippen molar-refractivity contribution in [3.8, 4) is 11.1 Å². The van der Waals surface area contributed by atoms with Gasteiger partial charge in [-0.3, -0.25) is 4.98 Å².